The molecule has 5 nitrogen and oxygen atoms in total. The van der Waals surface area contributed by atoms with Crippen molar-refractivity contribution in [3.8, 4) is 11.4 Å². The average molecular weight is 279 g/mol. The summed E-state index contributed by atoms with van der Waals surface area (Å²) in [6.07, 6.45) is 0. The molecule has 1 unspecified atom stereocenters. The number of benzene rings is 2. The molecule has 0 fully saturated rings. The van der Waals surface area contributed by atoms with Gasteiger partial charge < -0.3 is 5.73 Å². The number of hydrogen-bond acceptors (Lipinski definition) is 4. The van der Waals surface area contributed by atoms with Gasteiger partial charge in [0.25, 0.3) is 0 Å². The molecule has 2 N–H and O–H groups in total. The Bertz CT molecular complexity index is 748. The first-order chi connectivity index (χ1) is 10.2. The second-order valence-corrected chi connectivity index (χ2v) is 5.11. The summed E-state index contributed by atoms with van der Waals surface area (Å²) in [5.74, 6) is 0.745. The maximum absolute atomic E-state index is 5.87. The van der Waals surface area contributed by atoms with E-state index in [2.05, 4.69) is 34.6 Å². The van der Waals surface area contributed by atoms with Crippen LogP contribution in [-0.2, 0) is 0 Å². The Morgan fingerprint density at radius 3 is 2.57 bits per heavy atom. The predicted molar refractivity (Wildman–Crippen MR) is 82.7 cm³/mol. The zero-order chi connectivity index (χ0) is 14.8. The molecule has 0 aliphatic heterocycles. The summed E-state index contributed by atoms with van der Waals surface area (Å²) >= 11 is 0. The van der Waals surface area contributed by atoms with E-state index in [-0.39, 0.29) is 6.04 Å². The Kier molecular flexibility index (Phi) is 3.39. The second-order valence-electron chi connectivity index (χ2n) is 5.11. The molecule has 5 heteroatoms. The summed E-state index contributed by atoms with van der Waals surface area (Å²) in [6, 6.07) is 16.1. The molecule has 0 aliphatic rings. The summed E-state index contributed by atoms with van der Waals surface area (Å²) in [6.45, 7) is 4.06. The molecule has 0 bridgehead atoms. The minimum absolute atomic E-state index is 0.0639. The van der Waals surface area contributed by atoms with Crippen LogP contribution < -0.4 is 5.73 Å². The quantitative estimate of drug-likeness (QED) is 0.748. The van der Waals surface area contributed by atoms with Crippen LogP contribution in [0.4, 0.5) is 5.69 Å². The van der Waals surface area contributed by atoms with Crippen LogP contribution in [0.5, 0.6) is 0 Å². The van der Waals surface area contributed by atoms with Crippen LogP contribution in [0.2, 0.25) is 0 Å². The van der Waals surface area contributed by atoms with Crippen LogP contribution >= 0.6 is 0 Å². The third-order valence-electron chi connectivity index (χ3n) is 3.67. The van der Waals surface area contributed by atoms with Crippen LogP contribution in [0.1, 0.15) is 24.1 Å². The molecule has 0 amide bonds. The molecule has 0 aliphatic carbocycles. The lowest BCUT2D eigenvalue weighted by atomic mass is 10.1. The number of nitrogens with two attached hydrogens (primary N) is 1. The molecule has 21 heavy (non-hydrogen) atoms. The van der Waals surface area contributed by atoms with E-state index < -0.39 is 0 Å². The van der Waals surface area contributed by atoms with Gasteiger partial charge in [-0.3, -0.25) is 0 Å². The van der Waals surface area contributed by atoms with E-state index >= 15 is 0 Å². The Balaban J connectivity index is 2.03. The van der Waals surface area contributed by atoms with Gasteiger partial charge in [-0.25, -0.2) is 4.68 Å². The van der Waals surface area contributed by atoms with Gasteiger partial charge in [0.15, 0.2) is 5.82 Å². The minimum Gasteiger partial charge on any atom is -0.399 e. The number of anilines is 1. The fraction of sp³-hybridized carbons (Fsp3) is 0.188. The minimum atomic E-state index is 0.0639. The zero-order valence-corrected chi connectivity index (χ0v) is 12.1. The topological polar surface area (TPSA) is 69.6 Å². The van der Waals surface area contributed by atoms with Crippen molar-refractivity contribution >= 4 is 5.69 Å². The number of hydrogen-bond donors (Lipinski definition) is 1. The molecule has 0 radical (unpaired) electrons. The highest BCUT2D eigenvalue weighted by atomic mass is 15.5. The average Bonchev–Trinajstić information content (AvgIpc) is 2.99. The SMILES string of the molecule is Cc1cc(-c2nnnn2C(C)c2ccccc2)ccc1N. The first-order valence-electron chi connectivity index (χ1n) is 6.86. The lowest BCUT2D eigenvalue weighted by molar-refractivity contribution is 0.548. The largest absolute Gasteiger partial charge is 0.399 e. The molecule has 1 atom stereocenters. The number of tetrazole rings is 1. The van der Waals surface area contributed by atoms with E-state index in [1.54, 1.807) is 0 Å². The van der Waals surface area contributed by atoms with Crippen molar-refractivity contribution in [3.05, 3.63) is 59.7 Å². The van der Waals surface area contributed by atoms with E-state index in [1.165, 1.54) is 5.56 Å². The van der Waals surface area contributed by atoms with Crippen LogP contribution in [0, 0.1) is 6.92 Å². The molecule has 2 aromatic carbocycles. The van der Waals surface area contributed by atoms with Crippen LogP contribution in [0.25, 0.3) is 11.4 Å². The van der Waals surface area contributed by atoms with Gasteiger partial charge >= 0.3 is 0 Å². The van der Waals surface area contributed by atoms with Crippen molar-refractivity contribution in [2.45, 2.75) is 19.9 Å². The van der Waals surface area contributed by atoms with Crippen molar-refractivity contribution in [2.75, 3.05) is 5.73 Å². The third kappa shape index (κ3) is 2.50. The molecule has 0 spiro atoms. The highest BCUT2D eigenvalue weighted by molar-refractivity contribution is 5.62. The van der Waals surface area contributed by atoms with Crippen molar-refractivity contribution in [1.29, 1.82) is 0 Å². The Morgan fingerprint density at radius 1 is 1.10 bits per heavy atom. The molecule has 106 valence electrons. The van der Waals surface area contributed by atoms with Crippen LogP contribution in [-0.4, -0.2) is 20.2 Å². The molecular formula is C16H17N5. The van der Waals surface area contributed by atoms with E-state index in [1.807, 2.05) is 48.0 Å². The number of rotatable bonds is 3. The predicted octanol–water partition coefficient (Wildman–Crippen LogP) is 2.84. The van der Waals surface area contributed by atoms with E-state index in [0.717, 1.165) is 22.6 Å². The summed E-state index contributed by atoms with van der Waals surface area (Å²) in [4.78, 5) is 0. The Morgan fingerprint density at radius 2 is 1.86 bits per heavy atom. The molecule has 0 saturated carbocycles. The Hall–Kier alpha value is -2.69. The normalized spacial score (nSPS) is 12.3. The van der Waals surface area contributed by atoms with Gasteiger partial charge in [-0.1, -0.05) is 30.3 Å². The van der Waals surface area contributed by atoms with Gasteiger partial charge in [-0.2, -0.15) is 0 Å². The van der Waals surface area contributed by atoms with Gasteiger partial charge in [-0.15, -0.1) is 5.10 Å². The van der Waals surface area contributed by atoms with E-state index in [0.29, 0.717) is 0 Å². The van der Waals surface area contributed by atoms with Crippen LogP contribution in [0.3, 0.4) is 0 Å². The fourth-order valence-electron chi connectivity index (χ4n) is 2.33. The van der Waals surface area contributed by atoms with Crippen molar-refractivity contribution in [3.63, 3.8) is 0 Å². The lowest BCUT2D eigenvalue weighted by Crippen LogP contribution is -2.10. The van der Waals surface area contributed by atoms with E-state index in [9.17, 15) is 0 Å². The van der Waals surface area contributed by atoms with Gasteiger partial charge in [-0.05, 0) is 53.6 Å². The molecule has 0 saturated heterocycles. The standard InChI is InChI=1S/C16H17N5/c1-11-10-14(8-9-15(11)17)16-18-19-20-21(16)12(2)13-6-4-3-5-7-13/h3-10,12H,17H2,1-2H3. The third-order valence-corrected chi connectivity index (χ3v) is 3.67. The smallest absolute Gasteiger partial charge is 0.182 e. The fourth-order valence-corrected chi connectivity index (χ4v) is 2.33. The zero-order valence-electron chi connectivity index (χ0n) is 12.1. The van der Waals surface area contributed by atoms with Gasteiger partial charge in [0.1, 0.15) is 0 Å². The summed E-state index contributed by atoms with van der Waals surface area (Å²) < 4.78 is 1.83. The van der Waals surface area contributed by atoms with Gasteiger partial charge in [0, 0.05) is 11.3 Å². The highest BCUT2D eigenvalue weighted by Gasteiger charge is 2.16. The van der Waals surface area contributed by atoms with Crippen LogP contribution in [0.15, 0.2) is 48.5 Å². The Labute approximate surface area is 123 Å². The number of aromatic nitrogens is 4. The molecule has 1 aromatic heterocycles. The van der Waals surface area contributed by atoms with Crippen molar-refractivity contribution in [2.24, 2.45) is 0 Å². The van der Waals surface area contributed by atoms with Gasteiger partial charge in [0.2, 0.25) is 0 Å². The lowest BCUT2D eigenvalue weighted by Gasteiger charge is -2.14. The number of aryl methyl sites for hydroxylation is 1. The first-order valence-corrected chi connectivity index (χ1v) is 6.86. The highest BCUT2D eigenvalue weighted by Crippen LogP contribution is 2.25. The summed E-state index contributed by atoms with van der Waals surface area (Å²) in [5.41, 5.74) is 9.80. The monoisotopic (exact) mass is 279 g/mol. The molecule has 3 rings (SSSR count). The van der Waals surface area contributed by atoms with E-state index in [4.69, 9.17) is 5.73 Å². The maximum Gasteiger partial charge on any atom is 0.182 e. The van der Waals surface area contributed by atoms with Crippen molar-refractivity contribution in [1.82, 2.24) is 20.2 Å². The van der Waals surface area contributed by atoms with Gasteiger partial charge in [0.05, 0.1) is 6.04 Å². The number of nitrogens with zero attached hydrogens (tertiary/aromatic N) is 4. The molecule has 1 heterocycles. The maximum atomic E-state index is 5.87. The second kappa shape index (κ2) is 5.36. The molecule has 3 aromatic rings. The summed E-state index contributed by atoms with van der Waals surface area (Å²) in [5, 5.41) is 12.1. The first kappa shape index (κ1) is 13.3. The molecular weight excluding hydrogens is 262 g/mol. The van der Waals surface area contributed by atoms with Crippen molar-refractivity contribution < 1.29 is 0 Å². The number of nitrogen functional groups attached to an aromatic ring is 1. The summed E-state index contributed by atoms with van der Waals surface area (Å²) in [7, 11) is 0.